The van der Waals surface area contributed by atoms with Crippen LogP contribution >= 0.6 is 23.2 Å². The smallest absolute Gasteiger partial charge is 0.345 e. The molecule has 0 fully saturated rings. The molecule has 0 unspecified atom stereocenters. The minimum Gasteiger partial charge on any atom is -0.483 e. The highest BCUT2D eigenvalue weighted by molar-refractivity contribution is 6.33. The predicted molar refractivity (Wildman–Crippen MR) is 120 cm³/mol. The van der Waals surface area contributed by atoms with Gasteiger partial charge in [0.05, 0.1) is 16.8 Å². The summed E-state index contributed by atoms with van der Waals surface area (Å²) >= 11 is 11.9. The topological polar surface area (TPSA) is 77.0 Å². The van der Waals surface area contributed by atoms with Crippen LogP contribution in [0.1, 0.15) is 21.5 Å². The molecule has 0 aliphatic carbocycles. The summed E-state index contributed by atoms with van der Waals surface area (Å²) in [5.41, 5.74) is 4.21. The van der Waals surface area contributed by atoms with E-state index in [-0.39, 0.29) is 12.2 Å². The van der Waals surface area contributed by atoms with Crippen LogP contribution in [-0.2, 0) is 4.79 Å². The maximum absolute atomic E-state index is 12.2. The maximum Gasteiger partial charge on any atom is 0.345 e. The van der Waals surface area contributed by atoms with E-state index in [0.717, 1.165) is 5.56 Å². The summed E-state index contributed by atoms with van der Waals surface area (Å²) in [6, 6.07) is 18.4. The first-order valence-electron chi connectivity index (χ1n) is 9.20. The molecule has 0 aliphatic rings. The summed E-state index contributed by atoms with van der Waals surface area (Å²) in [5.74, 6) is -0.0191. The Kier molecular flexibility index (Phi) is 7.65. The number of nitrogens with one attached hydrogen (secondary N) is 1. The summed E-state index contributed by atoms with van der Waals surface area (Å²) in [7, 11) is 0. The van der Waals surface area contributed by atoms with Gasteiger partial charge in [-0.1, -0.05) is 35.3 Å². The van der Waals surface area contributed by atoms with Crippen molar-refractivity contribution in [1.82, 2.24) is 5.43 Å². The van der Waals surface area contributed by atoms with Crippen LogP contribution in [0.15, 0.2) is 71.8 Å². The number of ether oxygens (including phenoxy) is 2. The molecule has 0 bridgehead atoms. The minimum atomic E-state index is -0.546. The second-order valence-electron chi connectivity index (χ2n) is 6.43. The zero-order chi connectivity index (χ0) is 22.2. The van der Waals surface area contributed by atoms with E-state index in [4.69, 9.17) is 32.7 Å². The van der Waals surface area contributed by atoms with Crippen LogP contribution in [0.4, 0.5) is 0 Å². The SMILES string of the molecule is Cc1cc(Cl)ccc1OCC(=O)N/N=C/c1ccc(OC(=O)c2ccccc2Cl)cc1. The van der Waals surface area contributed by atoms with Crippen molar-refractivity contribution in [3.05, 3.63) is 93.5 Å². The molecular formula is C23H18Cl2N2O4. The van der Waals surface area contributed by atoms with Gasteiger partial charge in [0, 0.05) is 5.02 Å². The van der Waals surface area contributed by atoms with Gasteiger partial charge < -0.3 is 9.47 Å². The van der Waals surface area contributed by atoms with Crippen molar-refractivity contribution < 1.29 is 19.1 Å². The van der Waals surface area contributed by atoms with Gasteiger partial charge in [-0.05, 0) is 72.6 Å². The van der Waals surface area contributed by atoms with Crippen molar-refractivity contribution in [1.29, 1.82) is 0 Å². The molecule has 0 saturated heterocycles. The molecule has 0 atom stereocenters. The minimum absolute atomic E-state index is 0.184. The van der Waals surface area contributed by atoms with E-state index >= 15 is 0 Å². The van der Waals surface area contributed by atoms with E-state index in [1.807, 2.05) is 6.92 Å². The van der Waals surface area contributed by atoms with Gasteiger partial charge in [0.1, 0.15) is 11.5 Å². The van der Waals surface area contributed by atoms with Crippen molar-refractivity contribution in [2.75, 3.05) is 6.61 Å². The number of amides is 1. The molecule has 0 spiro atoms. The van der Waals surface area contributed by atoms with Crippen LogP contribution in [0.25, 0.3) is 0 Å². The second kappa shape index (κ2) is 10.6. The number of esters is 1. The van der Waals surface area contributed by atoms with Crippen molar-refractivity contribution in [3.8, 4) is 11.5 Å². The Morgan fingerprint density at radius 1 is 1.03 bits per heavy atom. The van der Waals surface area contributed by atoms with E-state index in [1.165, 1.54) is 6.21 Å². The number of hydrogen-bond donors (Lipinski definition) is 1. The van der Waals surface area contributed by atoms with E-state index in [2.05, 4.69) is 10.5 Å². The van der Waals surface area contributed by atoms with Gasteiger partial charge in [0.15, 0.2) is 6.61 Å². The van der Waals surface area contributed by atoms with Crippen LogP contribution in [0, 0.1) is 6.92 Å². The second-order valence-corrected chi connectivity index (χ2v) is 7.27. The van der Waals surface area contributed by atoms with Crippen LogP contribution in [-0.4, -0.2) is 24.7 Å². The van der Waals surface area contributed by atoms with Gasteiger partial charge >= 0.3 is 5.97 Å². The van der Waals surface area contributed by atoms with Crippen LogP contribution in [0.3, 0.4) is 0 Å². The van der Waals surface area contributed by atoms with Crippen LogP contribution < -0.4 is 14.9 Å². The highest BCUT2D eigenvalue weighted by Gasteiger charge is 2.12. The average Bonchev–Trinajstić information content (AvgIpc) is 2.74. The lowest BCUT2D eigenvalue weighted by Gasteiger charge is -2.08. The Hall–Kier alpha value is -3.35. The van der Waals surface area contributed by atoms with E-state index < -0.39 is 11.9 Å². The Bertz CT molecular complexity index is 1110. The fraction of sp³-hybridized carbons (Fsp3) is 0.0870. The lowest BCUT2D eigenvalue weighted by Crippen LogP contribution is -2.24. The molecule has 0 saturated carbocycles. The molecule has 1 N–H and O–H groups in total. The number of halogens is 2. The molecule has 0 aliphatic heterocycles. The summed E-state index contributed by atoms with van der Waals surface area (Å²) < 4.78 is 10.8. The molecule has 3 aromatic carbocycles. The fourth-order valence-electron chi connectivity index (χ4n) is 2.54. The molecule has 0 heterocycles. The zero-order valence-corrected chi connectivity index (χ0v) is 18.0. The van der Waals surface area contributed by atoms with Crippen molar-refractivity contribution in [2.24, 2.45) is 5.10 Å². The Labute approximate surface area is 189 Å². The summed E-state index contributed by atoms with van der Waals surface area (Å²) in [6.07, 6.45) is 1.46. The number of carbonyl (C=O) groups excluding carboxylic acids is 2. The van der Waals surface area contributed by atoms with Gasteiger partial charge in [-0.15, -0.1) is 0 Å². The number of hydrazone groups is 1. The van der Waals surface area contributed by atoms with E-state index in [9.17, 15) is 9.59 Å². The number of rotatable bonds is 7. The van der Waals surface area contributed by atoms with Gasteiger partial charge in [0.25, 0.3) is 5.91 Å². The first-order valence-corrected chi connectivity index (χ1v) is 9.95. The maximum atomic E-state index is 12.2. The highest BCUT2D eigenvalue weighted by Crippen LogP contribution is 2.21. The first kappa shape index (κ1) is 22.3. The fourth-order valence-corrected chi connectivity index (χ4v) is 2.98. The monoisotopic (exact) mass is 456 g/mol. The quantitative estimate of drug-likeness (QED) is 0.233. The Balaban J connectivity index is 1.48. The van der Waals surface area contributed by atoms with Crippen LogP contribution in [0.2, 0.25) is 10.0 Å². The molecule has 0 aromatic heterocycles. The summed E-state index contributed by atoms with van der Waals surface area (Å²) in [5, 5.41) is 4.81. The molecule has 31 heavy (non-hydrogen) atoms. The molecule has 8 heteroatoms. The van der Waals surface area contributed by atoms with Crippen molar-refractivity contribution in [2.45, 2.75) is 6.92 Å². The van der Waals surface area contributed by atoms with Gasteiger partial charge in [-0.3, -0.25) is 4.79 Å². The molecule has 6 nitrogen and oxygen atoms in total. The molecular weight excluding hydrogens is 439 g/mol. The number of benzene rings is 3. The highest BCUT2D eigenvalue weighted by atomic mass is 35.5. The normalized spacial score (nSPS) is 10.7. The molecule has 1 amide bonds. The molecule has 3 aromatic rings. The third-order valence-corrected chi connectivity index (χ3v) is 4.65. The third kappa shape index (κ3) is 6.57. The first-order chi connectivity index (χ1) is 14.9. The number of aryl methyl sites for hydroxylation is 1. The Morgan fingerprint density at radius 2 is 1.77 bits per heavy atom. The lowest BCUT2D eigenvalue weighted by atomic mass is 10.2. The van der Waals surface area contributed by atoms with Crippen molar-refractivity contribution >= 4 is 41.3 Å². The number of hydrogen-bond acceptors (Lipinski definition) is 5. The molecule has 0 radical (unpaired) electrons. The predicted octanol–water partition coefficient (Wildman–Crippen LogP) is 5.05. The summed E-state index contributed by atoms with van der Waals surface area (Å²) in [6.45, 7) is 1.66. The largest absolute Gasteiger partial charge is 0.483 e. The molecule has 3 rings (SSSR count). The van der Waals surface area contributed by atoms with Crippen molar-refractivity contribution in [3.63, 3.8) is 0 Å². The van der Waals surface area contributed by atoms with E-state index in [1.54, 1.807) is 66.7 Å². The average molecular weight is 457 g/mol. The van der Waals surface area contributed by atoms with E-state index in [0.29, 0.717) is 27.1 Å². The standard InChI is InChI=1S/C23H18Cl2N2O4/c1-15-12-17(24)8-11-21(15)30-14-22(28)27-26-13-16-6-9-18(10-7-16)31-23(29)19-4-2-3-5-20(19)25/h2-13H,14H2,1H3,(H,27,28)/b26-13+. The number of nitrogens with zero attached hydrogens (tertiary/aromatic N) is 1. The summed E-state index contributed by atoms with van der Waals surface area (Å²) in [4.78, 5) is 24.0. The molecule has 158 valence electrons. The van der Waals surface area contributed by atoms with Gasteiger partial charge in [-0.2, -0.15) is 5.10 Å². The third-order valence-electron chi connectivity index (χ3n) is 4.08. The van der Waals surface area contributed by atoms with Gasteiger partial charge in [-0.25, -0.2) is 10.2 Å². The van der Waals surface area contributed by atoms with Crippen LogP contribution in [0.5, 0.6) is 11.5 Å². The van der Waals surface area contributed by atoms with Gasteiger partial charge in [0.2, 0.25) is 0 Å². The lowest BCUT2D eigenvalue weighted by molar-refractivity contribution is -0.123. The Morgan fingerprint density at radius 3 is 2.48 bits per heavy atom. The number of carbonyl (C=O) groups is 2. The zero-order valence-electron chi connectivity index (χ0n) is 16.5.